The lowest BCUT2D eigenvalue weighted by atomic mass is 9.92. The van der Waals surface area contributed by atoms with Gasteiger partial charge in [0.2, 0.25) is 5.91 Å². The van der Waals surface area contributed by atoms with E-state index in [1.807, 2.05) is 80.0 Å². The highest BCUT2D eigenvalue weighted by Crippen LogP contribution is 2.41. The molecule has 0 atom stereocenters. The zero-order valence-electron chi connectivity index (χ0n) is 25.5. The molecule has 4 aromatic carbocycles. The molecule has 6 aromatic rings. The summed E-state index contributed by atoms with van der Waals surface area (Å²) in [4.78, 5) is 25.4. The first kappa shape index (κ1) is 29.9. The number of rotatable bonds is 8. The number of nitrogens with zero attached hydrogens (tertiary/aromatic N) is 3. The molecule has 2 aromatic heterocycles. The average molecular weight is 631 g/mol. The summed E-state index contributed by atoms with van der Waals surface area (Å²) in [7, 11) is -1.71. The van der Waals surface area contributed by atoms with E-state index < -0.39 is 9.84 Å². The second-order valence-electron chi connectivity index (χ2n) is 11.6. The molecule has 1 amide bonds. The van der Waals surface area contributed by atoms with Crippen molar-refractivity contribution >= 4 is 43.4 Å². The number of benzene rings is 4. The molecule has 0 bridgehead atoms. The van der Waals surface area contributed by atoms with Gasteiger partial charge < -0.3 is 14.6 Å². The smallest absolute Gasteiger partial charge is 0.240 e. The van der Waals surface area contributed by atoms with Crippen molar-refractivity contribution in [3.05, 3.63) is 115 Å². The number of carbonyl (C=O) groups excluding carboxylic acids is 1. The van der Waals surface area contributed by atoms with Gasteiger partial charge >= 0.3 is 0 Å². The molecule has 0 saturated carbocycles. The Bertz CT molecular complexity index is 2120. The van der Waals surface area contributed by atoms with Crippen LogP contribution in [0.4, 0.5) is 5.69 Å². The summed E-state index contributed by atoms with van der Waals surface area (Å²) in [5.74, 6) is -0.0706. The van der Waals surface area contributed by atoms with Crippen molar-refractivity contribution in [2.24, 2.45) is 0 Å². The van der Waals surface area contributed by atoms with Crippen LogP contribution in [0.5, 0.6) is 0 Å². The highest BCUT2D eigenvalue weighted by atomic mass is 32.2. The maximum absolute atomic E-state index is 13.2. The number of sulfone groups is 1. The second kappa shape index (κ2) is 12.5. The van der Waals surface area contributed by atoms with Gasteiger partial charge in [-0.2, -0.15) is 0 Å². The third kappa shape index (κ3) is 5.92. The van der Waals surface area contributed by atoms with Gasteiger partial charge in [0, 0.05) is 59.4 Å². The van der Waals surface area contributed by atoms with E-state index in [2.05, 4.69) is 22.0 Å². The number of hydrogen-bond donors (Lipinski definition) is 1. The van der Waals surface area contributed by atoms with Gasteiger partial charge in [0.05, 0.1) is 30.4 Å². The van der Waals surface area contributed by atoms with E-state index in [0.717, 1.165) is 63.0 Å². The van der Waals surface area contributed by atoms with Crippen LogP contribution in [0, 0.1) is 0 Å². The molecule has 9 heteroatoms. The number of carbonyl (C=O) groups is 1. The van der Waals surface area contributed by atoms with Crippen LogP contribution in [0.15, 0.2) is 114 Å². The van der Waals surface area contributed by atoms with Crippen LogP contribution in [-0.4, -0.2) is 69.1 Å². The number of aromatic amines is 1. The van der Waals surface area contributed by atoms with Crippen molar-refractivity contribution in [3.8, 4) is 22.3 Å². The molecule has 8 nitrogen and oxygen atoms in total. The number of amides is 1. The van der Waals surface area contributed by atoms with E-state index in [0.29, 0.717) is 30.2 Å². The van der Waals surface area contributed by atoms with Crippen LogP contribution >= 0.6 is 0 Å². The van der Waals surface area contributed by atoms with E-state index in [1.54, 1.807) is 29.2 Å². The van der Waals surface area contributed by atoms with Crippen LogP contribution in [0.25, 0.3) is 44.2 Å². The molecule has 3 heterocycles. The molecule has 0 aliphatic carbocycles. The highest BCUT2D eigenvalue weighted by Gasteiger charge is 2.21. The lowest BCUT2D eigenvalue weighted by molar-refractivity contribution is -0.120. The summed E-state index contributed by atoms with van der Waals surface area (Å²) in [6.45, 7) is 3.18. The fourth-order valence-corrected chi connectivity index (χ4v) is 7.47. The molecule has 0 radical (unpaired) electrons. The number of pyridine rings is 1. The number of ether oxygens (including phenoxy) is 1. The normalized spacial score (nSPS) is 14.1. The molecular formula is C37H34N4O4S. The number of fused-ring (bicyclic) bond motifs is 3. The molecule has 1 saturated heterocycles. The van der Waals surface area contributed by atoms with E-state index in [1.165, 1.54) is 0 Å². The van der Waals surface area contributed by atoms with Gasteiger partial charge in [-0.1, -0.05) is 66.7 Å². The van der Waals surface area contributed by atoms with Gasteiger partial charge in [-0.05, 0) is 53.1 Å². The predicted molar refractivity (Wildman–Crippen MR) is 182 cm³/mol. The van der Waals surface area contributed by atoms with Gasteiger partial charge in [-0.25, -0.2) is 13.4 Å². The predicted octanol–water partition coefficient (Wildman–Crippen LogP) is 6.32. The lowest BCUT2D eigenvalue weighted by Gasteiger charge is -2.28. The summed E-state index contributed by atoms with van der Waals surface area (Å²) in [5.41, 5.74) is 7.06. The van der Waals surface area contributed by atoms with Crippen molar-refractivity contribution in [1.29, 1.82) is 0 Å². The zero-order chi connectivity index (χ0) is 31.7. The second-order valence-corrected chi connectivity index (χ2v) is 13.6. The summed E-state index contributed by atoms with van der Waals surface area (Å²) >= 11 is 0. The number of hydrogen-bond acceptors (Lipinski definition) is 6. The number of nitrogens with one attached hydrogen (secondary N) is 1. The first-order valence-electron chi connectivity index (χ1n) is 15.3. The topological polar surface area (TPSA) is 95.6 Å². The van der Waals surface area contributed by atoms with Crippen LogP contribution in [0.3, 0.4) is 0 Å². The van der Waals surface area contributed by atoms with Crippen LogP contribution in [0.2, 0.25) is 0 Å². The molecule has 0 spiro atoms. The van der Waals surface area contributed by atoms with Crippen molar-refractivity contribution in [2.45, 2.75) is 10.6 Å². The fourth-order valence-electron chi connectivity index (χ4n) is 6.11. The average Bonchev–Trinajstić information content (AvgIpc) is 3.46. The molecule has 7 rings (SSSR count). The van der Waals surface area contributed by atoms with Gasteiger partial charge in [0.15, 0.2) is 9.84 Å². The maximum Gasteiger partial charge on any atom is 0.240 e. The van der Waals surface area contributed by atoms with Gasteiger partial charge in [0.25, 0.3) is 0 Å². The first-order chi connectivity index (χ1) is 22.4. The van der Waals surface area contributed by atoms with E-state index in [-0.39, 0.29) is 11.7 Å². The molecule has 232 valence electrons. The van der Waals surface area contributed by atoms with Crippen molar-refractivity contribution in [1.82, 2.24) is 14.9 Å². The van der Waals surface area contributed by atoms with E-state index >= 15 is 0 Å². The molecule has 0 unspecified atom stereocenters. The summed E-state index contributed by atoms with van der Waals surface area (Å²) in [6.07, 6.45) is 1.88. The van der Waals surface area contributed by atoms with Crippen LogP contribution in [-0.2, 0) is 25.1 Å². The Morgan fingerprint density at radius 2 is 1.59 bits per heavy atom. The molecule has 1 aliphatic rings. The van der Waals surface area contributed by atoms with Gasteiger partial charge in [0.1, 0.15) is 5.65 Å². The minimum atomic E-state index is -3.52. The Hall–Kier alpha value is -4.83. The number of H-pyrrole nitrogens is 1. The Balaban J connectivity index is 1.28. The monoisotopic (exact) mass is 630 g/mol. The van der Waals surface area contributed by atoms with Crippen molar-refractivity contribution < 1.29 is 17.9 Å². The molecule has 1 aliphatic heterocycles. The van der Waals surface area contributed by atoms with Crippen LogP contribution in [0.1, 0.15) is 5.56 Å². The zero-order valence-corrected chi connectivity index (χ0v) is 26.3. The van der Waals surface area contributed by atoms with E-state index in [4.69, 9.17) is 9.72 Å². The van der Waals surface area contributed by atoms with Crippen molar-refractivity contribution in [2.75, 3.05) is 44.8 Å². The van der Waals surface area contributed by atoms with Crippen molar-refractivity contribution in [3.63, 3.8) is 0 Å². The summed E-state index contributed by atoms with van der Waals surface area (Å²) < 4.78 is 31.9. The Morgan fingerprint density at radius 1 is 0.891 bits per heavy atom. The Labute approximate surface area is 268 Å². The van der Waals surface area contributed by atoms with Crippen LogP contribution < -0.4 is 4.90 Å². The number of aromatic nitrogens is 2. The SMILES string of the molecule is CN(C(=O)CN1CCOCC1)c1ccc(-c2cnc3[nH]c4ccc(CS(=O)(=O)c5ccccc5)cc4c3c2-c2ccccc2)cc1. The standard InChI is InChI=1S/C37H34N4O4S/c1-40(34(42)24-41-18-20-45-21-19-41)29-15-13-27(14-16-29)32-23-38-37-36(35(32)28-8-4-2-5-9-28)31-22-26(12-17-33(31)39-37)25-46(43,44)30-10-6-3-7-11-30/h2-17,22-23H,18-21,24-25H2,1H3,(H,38,39). The molecular weight excluding hydrogens is 596 g/mol. The van der Waals surface area contributed by atoms with Gasteiger partial charge in [-0.3, -0.25) is 9.69 Å². The molecule has 1 N–H and O–H groups in total. The number of likely N-dealkylation sites (N-methyl/N-ethyl adjacent to an activating group) is 1. The molecule has 46 heavy (non-hydrogen) atoms. The Kier molecular flexibility index (Phi) is 8.12. The lowest BCUT2D eigenvalue weighted by Crippen LogP contribution is -2.43. The quantitative estimate of drug-likeness (QED) is 0.212. The van der Waals surface area contributed by atoms with Gasteiger partial charge in [-0.15, -0.1) is 0 Å². The number of anilines is 1. The third-order valence-electron chi connectivity index (χ3n) is 8.61. The maximum atomic E-state index is 13.2. The van der Waals surface area contributed by atoms with E-state index in [9.17, 15) is 13.2 Å². The third-order valence-corrected chi connectivity index (χ3v) is 10.3. The first-order valence-corrected chi connectivity index (χ1v) is 17.0. The Morgan fingerprint density at radius 3 is 2.30 bits per heavy atom. The minimum Gasteiger partial charge on any atom is -0.379 e. The number of morpholine rings is 1. The minimum absolute atomic E-state index is 0.0339. The summed E-state index contributed by atoms with van der Waals surface area (Å²) in [6, 6.07) is 32.4. The largest absolute Gasteiger partial charge is 0.379 e. The summed E-state index contributed by atoms with van der Waals surface area (Å²) in [5, 5.41) is 1.84. The molecule has 1 fully saturated rings. The highest BCUT2D eigenvalue weighted by molar-refractivity contribution is 7.90. The fraction of sp³-hybridized carbons (Fsp3) is 0.189.